The van der Waals surface area contributed by atoms with E-state index in [-0.39, 0.29) is 6.04 Å². The fraction of sp³-hybridized carbons (Fsp3) is 0.385. The van der Waals surface area contributed by atoms with Gasteiger partial charge in [0.1, 0.15) is 0 Å². The second-order valence-electron chi connectivity index (χ2n) is 4.13. The molecule has 1 heterocycles. The molecule has 0 fully saturated rings. The Morgan fingerprint density at radius 1 is 1.44 bits per heavy atom. The molecule has 0 spiro atoms. The first-order chi connectivity index (χ1) is 8.69. The average Bonchev–Trinajstić information content (AvgIpc) is 2.78. The quantitative estimate of drug-likeness (QED) is 0.922. The normalized spacial score (nSPS) is 12.6. The molecule has 0 saturated carbocycles. The molecule has 1 aromatic carbocycles. The maximum atomic E-state index is 5.25. The van der Waals surface area contributed by atoms with E-state index in [1.165, 1.54) is 0 Å². The van der Waals surface area contributed by atoms with Crippen LogP contribution in [0.4, 0.5) is 0 Å². The lowest BCUT2D eigenvalue weighted by Crippen LogP contribution is -2.17. The van der Waals surface area contributed by atoms with Crippen LogP contribution in [0.25, 0.3) is 0 Å². The zero-order valence-electron chi connectivity index (χ0n) is 10.5. The van der Waals surface area contributed by atoms with Crippen LogP contribution in [-0.4, -0.2) is 16.7 Å². The highest BCUT2D eigenvalue weighted by Crippen LogP contribution is 2.15. The third-order valence-corrected chi connectivity index (χ3v) is 3.11. The van der Waals surface area contributed by atoms with Gasteiger partial charge < -0.3 is 9.84 Å². The van der Waals surface area contributed by atoms with Gasteiger partial charge in [0.15, 0.2) is 5.82 Å². The predicted octanol–water partition coefficient (Wildman–Crippen LogP) is 3.09. The Morgan fingerprint density at radius 2 is 2.28 bits per heavy atom. The predicted molar refractivity (Wildman–Crippen MR) is 73.3 cm³/mol. The molecule has 0 aliphatic rings. The Balaban J connectivity index is 2.06. The zero-order chi connectivity index (χ0) is 13.0. The molecule has 5 heteroatoms. The van der Waals surface area contributed by atoms with Crippen molar-refractivity contribution in [3.63, 3.8) is 0 Å². The van der Waals surface area contributed by atoms with E-state index in [4.69, 9.17) is 4.52 Å². The number of hydrogen-bond acceptors (Lipinski definition) is 4. The van der Waals surface area contributed by atoms with Crippen molar-refractivity contribution in [2.75, 3.05) is 6.54 Å². The van der Waals surface area contributed by atoms with Crippen LogP contribution in [0.2, 0.25) is 0 Å². The molecule has 0 radical (unpaired) electrons. The molecule has 1 N–H and O–H groups in total. The molecule has 1 atom stereocenters. The highest BCUT2D eigenvalue weighted by Gasteiger charge is 2.13. The fourth-order valence-electron chi connectivity index (χ4n) is 1.74. The molecule has 2 aromatic rings. The summed E-state index contributed by atoms with van der Waals surface area (Å²) in [5.74, 6) is 1.36. The summed E-state index contributed by atoms with van der Waals surface area (Å²) in [5, 5.41) is 7.25. The van der Waals surface area contributed by atoms with Crippen LogP contribution in [0.1, 0.15) is 37.2 Å². The lowest BCUT2D eigenvalue weighted by atomic mass is 10.1. The summed E-state index contributed by atoms with van der Waals surface area (Å²) < 4.78 is 6.31. The Labute approximate surface area is 115 Å². The Kier molecular flexibility index (Phi) is 4.49. The minimum atomic E-state index is 0.0961. The van der Waals surface area contributed by atoms with Gasteiger partial charge in [0.2, 0.25) is 5.89 Å². The van der Waals surface area contributed by atoms with Crippen LogP contribution < -0.4 is 5.32 Å². The summed E-state index contributed by atoms with van der Waals surface area (Å²) in [6.45, 7) is 4.94. The second kappa shape index (κ2) is 6.11. The Bertz CT molecular complexity index is 512. The van der Waals surface area contributed by atoms with Gasteiger partial charge >= 0.3 is 0 Å². The zero-order valence-corrected chi connectivity index (χ0v) is 12.1. The Hall–Kier alpha value is -1.20. The number of benzene rings is 1. The van der Waals surface area contributed by atoms with E-state index in [0.29, 0.717) is 18.1 Å². The average molecular weight is 310 g/mol. The van der Waals surface area contributed by atoms with Crippen molar-refractivity contribution >= 4 is 15.9 Å². The summed E-state index contributed by atoms with van der Waals surface area (Å²) in [7, 11) is 0. The van der Waals surface area contributed by atoms with Gasteiger partial charge in [-0.3, -0.25) is 0 Å². The van der Waals surface area contributed by atoms with Crippen LogP contribution in [0.5, 0.6) is 0 Å². The molecule has 0 amide bonds. The highest BCUT2D eigenvalue weighted by atomic mass is 79.9. The maximum absolute atomic E-state index is 5.25. The van der Waals surface area contributed by atoms with Crippen LogP contribution >= 0.6 is 15.9 Å². The van der Waals surface area contributed by atoms with E-state index in [9.17, 15) is 0 Å². The smallest absolute Gasteiger partial charge is 0.243 e. The SMILES string of the molecule is CCNC(C)c1nc(Cc2cccc(Br)c2)no1. The number of halogens is 1. The van der Waals surface area contributed by atoms with E-state index >= 15 is 0 Å². The van der Waals surface area contributed by atoms with Crippen LogP contribution in [0.15, 0.2) is 33.3 Å². The molecule has 1 unspecified atom stereocenters. The summed E-state index contributed by atoms with van der Waals surface area (Å²) in [6, 6.07) is 8.21. The van der Waals surface area contributed by atoms with Crippen molar-refractivity contribution in [3.8, 4) is 0 Å². The third-order valence-electron chi connectivity index (χ3n) is 2.62. The molecule has 96 valence electrons. The van der Waals surface area contributed by atoms with Crippen molar-refractivity contribution in [2.45, 2.75) is 26.3 Å². The molecule has 1 aromatic heterocycles. The van der Waals surface area contributed by atoms with Gasteiger partial charge in [-0.25, -0.2) is 0 Å². The van der Waals surface area contributed by atoms with Gasteiger partial charge in [-0.05, 0) is 31.2 Å². The molecule has 18 heavy (non-hydrogen) atoms. The number of nitrogens with zero attached hydrogens (tertiary/aromatic N) is 2. The summed E-state index contributed by atoms with van der Waals surface area (Å²) in [5.41, 5.74) is 1.16. The fourth-order valence-corrected chi connectivity index (χ4v) is 2.18. The van der Waals surface area contributed by atoms with Crippen LogP contribution in [-0.2, 0) is 6.42 Å². The van der Waals surface area contributed by atoms with E-state index in [1.54, 1.807) is 0 Å². The lowest BCUT2D eigenvalue weighted by molar-refractivity contribution is 0.339. The monoisotopic (exact) mass is 309 g/mol. The van der Waals surface area contributed by atoms with Crippen LogP contribution in [0, 0.1) is 0 Å². The van der Waals surface area contributed by atoms with E-state index in [2.05, 4.69) is 50.4 Å². The van der Waals surface area contributed by atoms with Crippen molar-refractivity contribution in [1.82, 2.24) is 15.5 Å². The highest BCUT2D eigenvalue weighted by molar-refractivity contribution is 9.10. The second-order valence-corrected chi connectivity index (χ2v) is 5.05. The van der Waals surface area contributed by atoms with E-state index in [0.717, 1.165) is 16.6 Å². The van der Waals surface area contributed by atoms with Gasteiger partial charge in [0.25, 0.3) is 0 Å². The van der Waals surface area contributed by atoms with Gasteiger partial charge in [-0.1, -0.05) is 40.1 Å². The van der Waals surface area contributed by atoms with Gasteiger partial charge in [0.05, 0.1) is 6.04 Å². The molecule has 0 bridgehead atoms. The third kappa shape index (κ3) is 3.40. The van der Waals surface area contributed by atoms with Crippen molar-refractivity contribution in [1.29, 1.82) is 0 Å². The minimum Gasteiger partial charge on any atom is -0.338 e. The minimum absolute atomic E-state index is 0.0961. The standard InChI is InChI=1S/C13H16BrN3O/c1-3-15-9(2)13-16-12(17-18-13)8-10-5-4-6-11(14)7-10/h4-7,9,15H,3,8H2,1-2H3. The molecule has 0 aliphatic heterocycles. The molecule has 0 aliphatic carbocycles. The largest absolute Gasteiger partial charge is 0.338 e. The van der Waals surface area contributed by atoms with Crippen LogP contribution in [0.3, 0.4) is 0 Å². The number of rotatable bonds is 5. The Morgan fingerprint density at radius 3 is 3.00 bits per heavy atom. The summed E-state index contributed by atoms with van der Waals surface area (Å²) >= 11 is 3.45. The topological polar surface area (TPSA) is 51.0 Å². The number of aromatic nitrogens is 2. The van der Waals surface area contributed by atoms with Gasteiger partial charge in [-0.2, -0.15) is 4.98 Å². The molecule has 2 rings (SSSR count). The number of hydrogen-bond donors (Lipinski definition) is 1. The van der Waals surface area contributed by atoms with Crippen molar-refractivity contribution in [3.05, 3.63) is 46.0 Å². The van der Waals surface area contributed by atoms with Crippen molar-refractivity contribution < 1.29 is 4.52 Å². The van der Waals surface area contributed by atoms with Gasteiger partial charge in [-0.15, -0.1) is 0 Å². The number of nitrogens with one attached hydrogen (secondary N) is 1. The van der Waals surface area contributed by atoms with Crippen molar-refractivity contribution in [2.24, 2.45) is 0 Å². The first-order valence-electron chi connectivity index (χ1n) is 5.99. The molecule has 0 saturated heterocycles. The summed E-state index contributed by atoms with van der Waals surface area (Å²) in [6.07, 6.45) is 0.682. The van der Waals surface area contributed by atoms with E-state index in [1.807, 2.05) is 19.1 Å². The van der Waals surface area contributed by atoms with E-state index < -0.39 is 0 Å². The first-order valence-corrected chi connectivity index (χ1v) is 6.78. The lowest BCUT2D eigenvalue weighted by Gasteiger charge is -2.05. The molecular weight excluding hydrogens is 294 g/mol. The maximum Gasteiger partial charge on any atom is 0.243 e. The first kappa shape index (κ1) is 13.2. The summed E-state index contributed by atoms with van der Waals surface area (Å²) in [4.78, 5) is 4.40. The molecular formula is C13H16BrN3O. The van der Waals surface area contributed by atoms with Gasteiger partial charge in [0, 0.05) is 10.9 Å². The molecule has 4 nitrogen and oxygen atoms in total.